The van der Waals surface area contributed by atoms with Crippen LogP contribution in [-0.2, 0) is 14.2 Å². The molecule has 0 aliphatic carbocycles. The van der Waals surface area contributed by atoms with E-state index >= 15 is 0 Å². The van der Waals surface area contributed by atoms with Crippen LogP contribution in [0.3, 0.4) is 0 Å². The Labute approximate surface area is 72.8 Å². The summed E-state index contributed by atoms with van der Waals surface area (Å²) in [6, 6.07) is 0. The van der Waals surface area contributed by atoms with Crippen molar-refractivity contribution in [1.82, 2.24) is 0 Å². The van der Waals surface area contributed by atoms with E-state index in [1.165, 1.54) is 0 Å². The van der Waals surface area contributed by atoms with Gasteiger partial charge in [0.25, 0.3) is 0 Å². The van der Waals surface area contributed by atoms with E-state index < -0.39 is 6.16 Å². The Morgan fingerprint density at radius 1 is 1.25 bits per heavy atom. The first kappa shape index (κ1) is 11.2. The van der Waals surface area contributed by atoms with Crippen molar-refractivity contribution >= 4 is 6.16 Å². The van der Waals surface area contributed by atoms with E-state index in [9.17, 15) is 4.79 Å². The molecule has 0 aromatic rings. The summed E-state index contributed by atoms with van der Waals surface area (Å²) in [4.78, 5) is 10.4. The molecule has 0 bridgehead atoms. The van der Waals surface area contributed by atoms with Crippen LogP contribution in [0.2, 0.25) is 0 Å². The van der Waals surface area contributed by atoms with Gasteiger partial charge in [0.1, 0.15) is 7.11 Å². The van der Waals surface area contributed by atoms with Crippen LogP contribution in [0.15, 0.2) is 0 Å². The third-order valence-electron chi connectivity index (χ3n) is 1.33. The normalized spacial score (nSPS) is 9.50. The highest BCUT2D eigenvalue weighted by molar-refractivity contribution is 5.59. The van der Waals surface area contributed by atoms with E-state index in [1.807, 2.05) is 0 Å². The zero-order chi connectivity index (χ0) is 9.23. The highest BCUT2D eigenvalue weighted by Gasteiger charge is 1.98. The number of unbranched alkanes of at least 4 members (excludes halogenated alkanes) is 2. The van der Waals surface area contributed by atoms with Crippen LogP contribution in [0.5, 0.6) is 0 Å². The maximum absolute atomic E-state index is 10.4. The molecule has 0 saturated carbocycles. The van der Waals surface area contributed by atoms with E-state index in [2.05, 4.69) is 16.6 Å². The number of carbonyl (C=O) groups excluding carboxylic acids is 1. The van der Waals surface area contributed by atoms with E-state index in [0.717, 1.165) is 25.9 Å². The molecule has 0 N–H and O–H groups in total. The van der Waals surface area contributed by atoms with E-state index in [-0.39, 0.29) is 0 Å². The molecule has 0 aliphatic heterocycles. The summed E-state index contributed by atoms with van der Waals surface area (Å²) in [5, 5.41) is 0. The maximum atomic E-state index is 10.4. The van der Waals surface area contributed by atoms with E-state index in [4.69, 9.17) is 4.74 Å². The highest BCUT2D eigenvalue weighted by Crippen LogP contribution is 1.96. The maximum Gasteiger partial charge on any atom is 0.508 e. The molecule has 0 heterocycles. The van der Waals surface area contributed by atoms with Gasteiger partial charge < -0.3 is 14.2 Å². The van der Waals surface area contributed by atoms with Gasteiger partial charge in [0.15, 0.2) is 0 Å². The number of hydrogen-bond acceptors (Lipinski definition) is 4. The summed E-state index contributed by atoms with van der Waals surface area (Å²) >= 11 is 0. The summed E-state index contributed by atoms with van der Waals surface area (Å²) in [7, 11) is 4.58. The zero-order valence-corrected chi connectivity index (χ0v) is 7.38. The summed E-state index contributed by atoms with van der Waals surface area (Å²) in [5.74, 6) is 0. The fourth-order valence-electron chi connectivity index (χ4n) is 0.722. The predicted molar refractivity (Wildman–Crippen MR) is 43.5 cm³/mol. The molecule has 0 amide bonds. The van der Waals surface area contributed by atoms with Gasteiger partial charge in [0.05, 0.1) is 6.61 Å². The van der Waals surface area contributed by atoms with Gasteiger partial charge in [-0.1, -0.05) is 0 Å². The van der Waals surface area contributed by atoms with Gasteiger partial charge in [0.2, 0.25) is 0 Å². The topological polar surface area (TPSA) is 44.8 Å². The molecular formula is C8H15O4. The molecule has 4 heteroatoms. The SMILES string of the molecule is [CH2]OC(=O)OCCCCCOC. The molecule has 0 saturated heterocycles. The van der Waals surface area contributed by atoms with Gasteiger partial charge in [-0.3, -0.25) is 0 Å². The fraction of sp³-hybridized carbons (Fsp3) is 0.750. The molecule has 0 rings (SSSR count). The van der Waals surface area contributed by atoms with Crippen molar-refractivity contribution in [2.24, 2.45) is 0 Å². The number of rotatable bonds is 6. The Morgan fingerprint density at radius 3 is 2.50 bits per heavy atom. The van der Waals surface area contributed by atoms with Crippen molar-refractivity contribution in [2.45, 2.75) is 19.3 Å². The summed E-state index contributed by atoms with van der Waals surface area (Å²) in [6.45, 7) is 1.14. The first-order valence-corrected chi connectivity index (χ1v) is 3.89. The van der Waals surface area contributed by atoms with Gasteiger partial charge in [-0.25, -0.2) is 4.79 Å². The van der Waals surface area contributed by atoms with Gasteiger partial charge >= 0.3 is 6.16 Å². The average Bonchev–Trinajstić information content (AvgIpc) is 2.10. The van der Waals surface area contributed by atoms with Gasteiger partial charge in [-0.2, -0.15) is 0 Å². The fourth-order valence-corrected chi connectivity index (χ4v) is 0.722. The first-order chi connectivity index (χ1) is 5.81. The van der Waals surface area contributed by atoms with Crippen LogP contribution in [0.4, 0.5) is 4.79 Å². The third kappa shape index (κ3) is 7.34. The Balaban J connectivity index is 2.95. The minimum absolute atomic E-state index is 0.387. The number of carbonyl (C=O) groups is 1. The quantitative estimate of drug-likeness (QED) is 0.455. The Kier molecular flexibility index (Phi) is 7.79. The second-order valence-electron chi connectivity index (χ2n) is 2.30. The van der Waals surface area contributed by atoms with Crippen LogP contribution < -0.4 is 0 Å². The third-order valence-corrected chi connectivity index (χ3v) is 1.33. The Hall–Kier alpha value is -0.770. The van der Waals surface area contributed by atoms with Crippen molar-refractivity contribution in [1.29, 1.82) is 0 Å². The van der Waals surface area contributed by atoms with Crippen molar-refractivity contribution in [3.8, 4) is 0 Å². The summed E-state index contributed by atoms with van der Waals surface area (Å²) in [5.41, 5.74) is 0. The van der Waals surface area contributed by atoms with Crippen molar-refractivity contribution in [2.75, 3.05) is 20.3 Å². The average molecular weight is 175 g/mol. The Morgan fingerprint density at radius 2 is 1.92 bits per heavy atom. The van der Waals surface area contributed by atoms with E-state index in [1.54, 1.807) is 7.11 Å². The van der Waals surface area contributed by atoms with Crippen LogP contribution in [0.25, 0.3) is 0 Å². The van der Waals surface area contributed by atoms with Crippen LogP contribution in [0.1, 0.15) is 19.3 Å². The second-order valence-corrected chi connectivity index (χ2v) is 2.30. The van der Waals surface area contributed by atoms with Crippen LogP contribution >= 0.6 is 0 Å². The second kappa shape index (κ2) is 8.33. The molecule has 0 aromatic carbocycles. The van der Waals surface area contributed by atoms with E-state index in [0.29, 0.717) is 6.61 Å². The lowest BCUT2D eigenvalue weighted by atomic mass is 10.2. The Bertz CT molecular complexity index is 114. The number of ether oxygens (including phenoxy) is 3. The molecule has 0 atom stereocenters. The van der Waals surface area contributed by atoms with Gasteiger partial charge in [0, 0.05) is 13.7 Å². The highest BCUT2D eigenvalue weighted by atomic mass is 16.7. The number of hydrogen-bond donors (Lipinski definition) is 0. The summed E-state index contributed by atoms with van der Waals surface area (Å²) in [6.07, 6.45) is 2.08. The largest absolute Gasteiger partial charge is 0.508 e. The van der Waals surface area contributed by atoms with Crippen LogP contribution in [0, 0.1) is 7.11 Å². The van der Waals surface area contributed by atoms with Gasteiger partial charge in [-0.05, 0) is 19.3 Å². The molecule has 0 fully saturated rings. The minimum Gasteiger partial charge on any atom is -0.434 e. The molecule has 71 valence electrons. The molecule has 0 unspecified atom stereocenters. The molecule has 12 heavy (non-hydrogen) atoms. The van der Waals surface area contributed by atoms with Crippen molar-refractivity contribution < 1.29 is 19.0 Å². The predicted octanol–water partition coefficient (Wildman–Crippen LogP) is 1.75. The minimum atomic E-state index is -0.721. The molecule has 1 radical (unpaired) electrons. The van der Waals surface area contributed by atoms with Crippen LogP contribution in [-0.4, -0.2) is 26.5 Å². The number of methoxy groups -OCH3 is 1. The lowest BCUT2D eigenvalue weighted by Crippen LogP contribution is -2.04. The molecule has 0 aromatic heterocycles. The van der Waals surface area contributed by atoms with Crippen molar-refractivity contribution in [3.63, 3.8) is 0 Å². The first-order valence-electron chi connectivity index (χ1n) is 3.89. The van der Waals surface area contributed by atoms with Crippen molar-refractivity contribution in [3.05, 3.63) is 7.11 Å². The summed E-state index contributed by atoms with van der Waals surface area (Å²) < 4.78 is 13.5. The molecule has 0 aliphatic rings. The monoisotopic (exact) mass is 175 g/mol. The van der Waals surface area contributed by atoms with Gasteiger partial charge in [-0.15, -0.1) is 0 Å². The zero-order valence-electron chi connectivity index (χ0n) is 7.38. The lowest BCUT2D eigenvalue weighted by molar-refractivity contribution is 0.0807. The smallest absolute Gasteiger partial charge is 0.434 e. The standard InChI is InChI=1S/C8H15O4/c1-10-6-4-3-5-7-12-8(9)11-2/h2-7H2,1H3. The molecular weight excluding hydrogens is 160 g/mol. The molecule has 4 nitrogen and oxygen atoms in total. The molecule has 0 spiro atoms. The lowest BCUT2D eigenvalue weighted by Gasteiger charge is -2.01.